The lowest BCUT2D eigenvalue weighted by molar-refractivity contribution is -0.143. The van der Waals surface area contributed by atoms with E-state index < -0.39 is 0 Å². The van der Waals surface area contributed by atoms with E-state index in [1.165, 1.54) is 32.1 Å². The highest BCUT2D eigenvalue weighted by atomic mass is 32.2. The number of ketones is 1. The highest BCUT2D eigenvalue weighted by molar-refractivity contribution is 8.00. The third-order valence-electron chi connectivity index (χ3n) is 11.4. The number of fused-ring (bicyclic) bond motifs is 4. The Morgan fingerprint density at radius 2 is 1.65 bits per heavy atom. The molecule has 1 aliphatic carbocycles. The number of ether oxygens (including phenoxy) is 3. The fraction of sp³-hybridized carbons (Fsp3) is 0.795. The van der Waals surface area contributed by atoms with Crippen LogP contribution in [0.15, 0.2) is 23.8 Å². The summed E-state index contributed by atoms with van der Waals surface area (Å²) in [7, 11) is 0. The topological polar surface area (TPSA) is 111 Å². The number of amides is 1. The number of allylic oxidation sites excluding steroid dienone is 1. The normalized spacial score (nSPS) is 32.0. The van der Waals surface area contributed by atoms with E-state index in [-0.39, 0.29) is 41.6 Å². The molecule has 0 spiro atoms. The first-order valence-corrected chi connectivity index (χ1v) is 20.1. The number of epoxide rings is 1. The first-order chi connectivity index (χ1) is 23.2. The predicted molar refractivity (Wildman–Crippen MR) is 188 cm³/mol. The predicted octanol–water partition coefficient (Wildman–Crippen LogP) is 7.72. The molecule has 5 rings (SSSR count). The summed E-state index contributed by atoms with van der Waals surface area (Å²) in [5.41, 5.74) is 1.38. The van der Waals surface area contributed by atoms with Crippen molar-refractivity contribution >= 4 is 35.4 Å². The van der Waals surface area contributed by atoms with Gasteiger partial charge in [0.15, 0.2) is 0 Å². The summed E-state index contributed by atoms with van der Waals surface area (Å²) < 4.78 is 17.2. The Hall–Kier alpha value is -2.13. The zero-order valence-corrected chi connectivity index (χ0v) is 30.1. The molecule has 4 saturated heterocycles. The number of carbonyl (C=O) groups is 4. The lowest BCUT2D eigenvalue weighted by Gasteiger charge is -2.20. The van der Waals surface area contributed by atoms with Crippen molar-refractivity contribution in [2.24, 2.45) is 11.8 Å². The Kier molecular flexibility index (Phi) is 14.1. The van der Waals surface area contributed by atoms with Crippen LogP contribution in [0.2, 0.25) is 0 Å². The number of hydrogen-bond acceptors (Lipinski definition) is 8. The van der Waals surface area contributed by atoms with Crippen molar-refractivity contribution in [1.82, 2.24) is 5.32 Å². The molecule has 4 fully saturated rings. The molecule has 0 aromatic rings. The lowest BCUT2D eigenvalue weighted by atomic mass is 9.84. The van der Waals surface area contributed by atoms with Gasteiger partial charge in [0.05, 0.1) is 5.60 Å². The van der Waals surface area contributed by atoms with Gasteiger partial charge in [0, 0.05) is 60.1 Å². The van der Waals surface area contributed by atoms with Crippen LogP contribution in [0.5, 0.6) is 0 Å². The maximum atomic E-state index is 12.4. The van der Waals surface area contributed by atoms with E-state index in [0.29, 0.717) is 54.4 Å². The Balaban J connectivity index is 0.805. The molecule has 268 valence electrons. The molecule has 0 unspecified atom stereocenters. The molecule has 7 atom stereocenters. The summed E-state index contributed by atoms with van der Waals surface area (Å²) >= 11 is 2.00. The molecule has 1 N–H and O–H groups in total. The van der Waals surface area contributed by atoms with E-state index in [2.05, 4.69) is 24.9 Å². The van der Waals surface area contributed by atoms with Crippen LogP contribution < -0.4 is 5.32 Å². The maximum Gasteiger partial charge on any atom is 0.334 e. The fourth-order valence-electron chi connectivity index (χ4n) is 8.23. The first kappa shape index (κ1) is 37.1. The summed E-state index contributed by atoms with van der Waals surface area (Å²) in [6.07, 6.45) is 22.3. The largest absolute Gasteiger partial charge is 0.461 e. The van der Waals surface area contributed by atoms with Gasteiger partial charge in [0.25, 0.3) is 0 Å². The van der Waals surface area contributed by atoms with Crippen molar-refractivity contribution in [3.63, 3.8) is 0 Å². The van der Waals surface area contributed by atoms with Gasteiger partial charge in [0.1, 0.15) is 24.6 Å². The molecule has 1 amide bonds. The third-order valence-corrected chi connectivity index (χ3v) is 13.0. The summed E-state index contributed by atoms with van der Waals surface area (Å²) in [5, 5.41) is 3.69. The molecule has 5 aliphatic rings. The van der Waals surface area contributed by atoms with Crippen LogP contribution in [0.1, 0.15) is 142 Å². The van der Waals surface area contributed by atoms with Gasteiger partial charge in [-0.1, -0.05) is 70.4 Å². The lowest BCUT2D eigenvalue weighted by Crippen LogP contribution is -2.29. The summed E-state index contributed by atoms with van der Waals surface area (Å²) in [6.45, 7) is 6.38. The molecule has 48 heavy (non-hydrogen) atoms. The zero-order valence-electron chi connectivity index (χ0n) is 29.3. The smallest absolute Gasteiger partial charge is 0.334 e. The average molecular weight is 686 g/mol. The van der Waals surface area contributed by atoms with Crippen LogP contribution in [-0.2, 0) is 33.4 Å². The molecule has 4 aliphatic heterocycles. The van der Waals surface area contributed by atoms with Crippen molar-refractivity contribution < 1.29 is 33.4 Å². The quantitative estimate of drug-likeness (QED) is 0.0456. The minimum atomic E-state index is -0.309. The van der Waals surface area contributed by atoms with E-state index >= 15 is 0 Å². The van der Waals surface area contributed by atoms with Crippen molar-refractivity contribution in [2.75, 3.05) is 12.4 Å². The Morgan fingerprint density at radius 1 is 0.979 bits per heavy atom. The molecule has 0 bridgehead atoms. The second-order valence-corrected chi connectivity index (χ2v) is 16.5. The van der Waals surface area contributed by atoms with E-state index in [1.54, 1.807) is 0 Å². The van der Waals surface area contributed by atoms with Crippen LogP contribution in [0.3, 0.4) is 0 Å². The van der Waals surface area contributed by atoms with Crippen LogP contribution in [0, 0.1) is 11.8 Å². The van der Waals surface area contributed by atoms with Gasteiger partial charge in [-0.05, 0) is 63.9 Å². The minimum Gasteiger partial charge on any atom is -0.461 e. The van der Waals surface area contributed by atoms with E-state index in [0.717, 1.165) is 94.8 Å². The number of thioether (sulfide) groups is 1. The van der Waals surface area contributed by atoms with Gasteiger partial charge in [-0.25, -0.2) is 4.79 Å². The molecule has 0 aromatic heterocycles. The number of nitrogens with one attached hydrogen (secondary N) is 1. The summed E-state index contributed by atoms with van der Waals surface area (Å²) in [4.78, 5) is 48.5. The van der Waals surface area contributed by atoms with Crippen LogP contribution in [-0.4, -0.2) is 65.1 Å². The number of Topliss-reactive ketones (excluding diaryl/α,β-unsaturated/α-hetero) is 1. The zero-order chi connectivity index (χ0) is 33.9. The first-order valence-electron chi connectivity index (χ1n) is 19.1. The van der Waals surface area contributed by atoms with Gasteiger partial charge in [0.2, 0.25) is 5.91 Å². The minimum absolute atomic E-state index is 0.0437. The average Bonchev–Trinajstić information content (AvgIpc) is 3.25. The van der Waals surface area contributed by atoms with Gasteiger partial charge < -0.3 is 19.5 Å². The summed E-state index contributed by atoms with van der Waals surface area (Å²) in [5.74, 6) is 1.71. The highest BCUT2D eigenvalue weighted by Gasteiger charge is 2.61. The van der Waals surface area contributed by atoms with Crippen molar-refractivity contribution in [3.8, 4) is 0 Å². The van der Waals surface area contributed by atoms with Crippen LogP contribution in [0.25, 0.3) is 0 Å². The van der Waals surface area contributed by atoms with Crippen LogP contribution in [0.4, 0.5) is 0 Å². The Morgan fingerprint density at radius 3 is 2.38 bits per heavy atom. The standard InChI is InChI=1S/C39H59NO7S/c1-27-30-22-21-28(16-15-23-39(2)37(47-39)36(30)46-38(27)44)25-45-35(43)20-12-10-8-6-4-3-5-7-9-11-17-29(41)18-13-14-19-33-31-24-34(42)40-32(31)26-48-33/h16,30-33,36-37H,1,3-15,17-26H2,2H3,(H,40,42)/b28-16-/t30-,31-,32-,33-,36-,37-,39+/m0/s1. The van der Waals surface area contributed by atoms with Crippen molar-refractivity contribution in [3.05, 3.63) is 23.8 Å². The van der Waals surface area contributed by atoms with Crippen molar-refractivity contribution in [1.29, 1.82) is 0 Å². The molecule has 0 radical (unpaired) electrons. The number of hydrogen-bond donors (Lipinski definition) is 1. The third kappa shape index (κ3) is 10.7. The second-order valence-electron chi connectivity index (χ2n) is 15.2. The molecular formula is C39H59NO7S. The number of unbranched alkanes of at least 4 members (excludes halogenated alkanes) is 10. The SMILES string of the molecule is C=C1C(=O)O[C@H]2[C@H]1CC/C(COC(=O)CCCCCCCCCCCCC(=O)CCCC[C@@H]1SC[C@@H]3NC(=O)C[C@@H]31)=C/CC[C@@]1(C)O[C@@H]21. The Labute approximate surface area is 292 Å². The van der Waals surface area contributed by atoms with Gasteiger partial charge >= 0.3 is 11.9 Å². The fourth-order valence-corrected chi connectivity index (χ4v) is 9.88. The molecular weight excluding hydrogens is 626 g/mol. The molecule has 9 heteroatoms. The molecule has 8 nitrogen and oxygen atoms in total. The van der Waals surface area contributed by atoms with Gasteiger partial charge in [-0.2, -0.15) is 11.8 Å². The van der Waals surface area contributed by atoms with Crippen molar-refractivity contribution in [2.45, 2.75) is 171 Å². The van der Waals surface area contributed by atoms with Gasteiger partial charge in [-0.15, -0.1) is 0 Å². The van der Waals surface area contributed by atoms with Crippen LogP contribution >= 0.6 is 11.8 Å². The van der Waals surface area contributed by atoms with E-state index in [4.69, 9.17) is 14.2 Å². The molecule has 4 heterocycles. The number of esters is 2. The molecule has 0 saturated carbocycles. The Bertz CT molecular complexity index is 1180. The summed E-state index contributed by atoms with van der Waals surface area (Å²) in [6, 6.07) is 0.388. The number of carbonyl (C=O) groups excluding carboxylic acids is 4. The maximum absolute atomic E-state index is 12.4. The monoisotopic (exact) mass is 685 g/mol. The second kappa shape index (κ2) is 18.2. The number of rotatable bonds is 20. The molecule has 0 aromatic carbocycles. The van der Waals surface area contributed by atoms with E-state index in [1.807, 2.05) is 11.8 Å². The highest BCUT2D eigenvalue weighted by Crippen LogP contribution is 2.50. The van der Waals surface area contributed by atoms with Gasteiger partial charge in [-0.3, -0.25) is 14.4 Å². The van der Waals surface area contributed by atoms with E-state index in [9.17, 15) is 19.2 Å².